The van der Waals surface area contributed by atoms with Gasteiger partial charge in [0.15, 0.2) is 23.5 Å². The summed E-state index contributed by atoms with van der Waals surface area (Å²) in [5.41, 5.74) is -2.61. The van der Waals surface area contributed by atoms with Gasteiger partial charge < -0.3 is 20.0 Å². The lowest BCUT2D eigenvalue weighted by Gasteiger charge is -2.18. The molecule has 4 rings (SSSR count). The third kappa shape index (κ3) is 5.14. The third-order valence-corrected chi connectivity index (χ3v) is 5.05. The summed E-state index contributed by atoms with van der Waals surface area (Å²) in [7, 11) is 0. The van der Waals surface area contributed by atoms with E-state index in [-0.39, 0.29) is 23.3 Å². The fourth-order valence-electron chi connectivity index (χ4n) is 2.97. The highest BCUT2D eigenvalue weighted by Crippen LogP contribution is 2.44. The van der Waals surface area contributed by atoms with Crippen molar-refractivity contribution in [3.63, 3.8) is 0 Å². The van der Waals surface area contributed by atoms with Gasteiger partial charge in [0, 0.05) is 12.1 Å². The average Bonchev–Trinajstić information content (AvgIpc) is 3.55. The van der Waals surface area contributed by atoms with Crippen LogP contribution in [0.5, 0.6) is 17.2 Å². The average molecular weight is 501 g/mol. The minimum Gasteiger partial charge on any atom is -0.619 e. The number of hydrogen-bond donors (Lipinski definition) is 1. The van der Waals surface area contributed by atoms with Gasteiger partial charge in [0.2, 0.25) is 6.20 Å². The molecule has 2 aromatic carbocycles. The molecular formula is C22H14ClF5N2O4. The molecular weight excluding hydrogens is 487 g/mol. The quantitative estimate of drug-likeness (QED) is 0.261. The fourth-order valence-corrected chi connectivity index (χ4v) is 3.22. The van der Waals surface area contributed by atoms with E-state index < -0.39 is 45.6 Å². The molecule has 1 fully saturated rings. The molecule has 3 aromatic rings. The van der Waals surface area contributed by atoms with E-state index in [9.17, 15) is 27.6 Å². The lowest BCUT2D eigenvalue weighted by molar-refractivity contribution is -0.604. The predicted octanol–water partition coefficient (Wildman–Crippen LogP) is 5.86. The van der Waals surface area contributed by atoms with Gasteiger partial charge in [-0.1, -0.05) is 11.6 Å². The third-order valence-electron chi connectivity index (χ3n) is 4.68. The zero-order valence-electron chi connectivity index (χ0n) is 17.0. The Balaban J connectivity index is 1.80. The molecule has 1 aromatic heterocycles. The number of carbonyl (C=O) groups excluding carboxylic acids is 1. The topological polar surface area (TPSA) is 74.5 Å². The minimum absolute atomic E-state index is 0.0663. The number of ether oxygens (including phenoxy) is 2. The number of benzene rings is 2. The summed E-state index contributed by atoms with van der Waals surface area (Å²) in [5, 5.41) is 12.3. The van der Waals surface area contributed by atoms with Gasteiger partial charge in [0.1, 0.15) is 22.8 Å². The molecule has 0 aliphatic heterocycles. The van der Waals surface area contributed by atoms with Crippen LogP contribution in [0.25, 0.3) is 0 Å². The summed E-state index contributed by atoms with van der Waals surface area (Å²) in [6.45, 7) is 0. The summed E-state index contributed by atoms with van der Waals surface area (Å²) in [6, 6.07) is 5.95. The second kappa shape index (κ2) is 8.98. The Morgan fingerprint density at radius 2 is 1.85 bits per heavy atom. The number of anilines is 1. The molecule has 12 heteroatoms. The van der Waals surface area contributed by atoms with Crippen LogP contribution in [0, 0.1) is 16.8 Å². The smallest absolute Gasteiger partial charge is 0.418 e. The van der Waals surface area contributed by atoms with Crippen molar-refractivity contribution >= 4 is 23.2 Å². The zero-order valence-corrected chi connectivity index (χ0v) is 17.7. The molecule has 1 saturated carbocycles. The van der Waals surface area contributed by atoms with Crippen molar-refractivity contribution in [1.82, 2.24) is 0 Å². The molecule has 1 N–H and O–H groups in total. The van der Waals surface area contributed by atoms with E-state index in [1.54, 1.807) is 0 Å². The predicted molar refractivity (Wildman–Crippen MR) is 110 cm³/mol. The molecule has 1 heterocycles. The van der Waals surface area contributed by atoms with E-state index >= 15 is 4.39 Å². The van der Waals surface area contributed by atoms with Crippen LogP contribution in [0.2, 0.25) is 5.02 Å². The first-order valence-corrected chi connectivity index (χ1v) is 10.1. The number of pyridine rings is 1. The summed E-state index contributed by atoms with van der Waals surface area (Å²) >= 11 is 5.60. The number of rotatable bonds is 6. The molecule has 34 heavy (non-hydrogen) atoms. The molecule has 0 saturated heterocycles. The first-order valence-electron chi connectivity index (χ1n) is 9.76. The number of halogens is 6. The van der Waals surface area contributed by atoms with Crippen molar-refractivity contribution < 1.29 is 41.0 Å². The zero-order chi connectivity index (χ0) is 24.6. The Morgan fingerprint density at radius 1 is 1.12 bits per heavy atom. The van der Waals surface area contributed by atoms with Crippen molar-refractivity contribution in [2.24, 2.45) is 0 Å². The normalized spacial score (nSPS) is 13.5. The standard InChI is InChI=1S/C22H14ClF5N2O4/c23-19-14(22(26,27)28)9-17(34-15-6-3-11(24)8-16(15)33-13-4-5-13)18(20(19)25)21(31)29-12-2-1-7-30(32)10-12/h1-3,6-10,13H,4-5H2,(H,29,31). The lowest BCUT2D eigenvalue weighted by Crippen LogP contribution is -2.26. The largest absolute Gasteiger partial charge is 0.619 e. The van der Waals surface area contributed by atoms with E-state index in [2.05, 4.69) is 5.32 Å². The molecule has 0 unspecified atom stereocenters. The van der Waals surface area contributed by atoms with E-state index in [1.165, 1.54) is 12.1 Å². The van der Waals surface area contributed by atoms with Crippen LogP contribution in [0.15, 0.2) is 48.8 Å². The van der Waals surface area contributed by atoms with Gasteiger partial charge in [-0.15, -0.1) is 0 Å². The number of nitrogens with zero attached hydrogens (tertiary/aromatic N) is 1. The molecule has 1 aliphatic rings. The molecule has 0 radical (unpaired) electrons. The molecule has 0 spiro atoms. The molecule has 1 aliphatic carbocycles. The van der Waals surface area contributed by atoms with Gasteiger partial charge in [-0.2, -0.15) is 17.9 Å². The molecule has 6 nitrogen and oxygen atoms in total. The van der Waals surface area contributed by atoms with Crippen LogP contribution in [0.1, 0.15) is 28.8 Å². The molecule has 1 amide bonds. The monoisotopic (exact) mass is 500 g/mol. The Labute approximate surface area is 194 Å². The highest BCUT2D eigenvalue weighted by molar-refractivity contribution is 6.32. The van der Waals surface area contributed by atoms with Crippen LogP contribution < -0.4 is 19.5 Å². The van der Waals surface area contributed by atoms with Gasteiger partial charge in [-0.25, -0.2) is 8.78 Å². The van der Waals surface area contributed by atoms with Crippen LogP contribution >= 0.6 is 11.6 Å². The maximum absolute atomic E-state index is 15.0. The Morgan fingerprint density at radius 3 is 2.50 bits per heavy atom. The lowest BCUT2D eigenvalue weighted by atomic mass is 10.1. The Kier molecular flexibility index (Phi) is 6.22. The van der Waals surface area contributed by atoms with Gasteiger partial charge in [0.25, 0.3) is 5.91 Å². The van der Waals surface area contributed by atoms with E-state index in [0.29, 0.717) is 23.6 Å². The minimum atomic E-state index is -5.07. The van der Waals surface area contributed by atoms with E-state index in [4.69, 9.17) is 21.1 Å². The maximum Gasteiger partial charge on any atom is 0.418 e. The molecule has 0 bridgehead atoms. The van der Waals surface area contributed by atoms with E-state index in [0.717, 1.165) is 30.6 Å². The number of aromatic nitrogens is 1. The number of amides is 1. The number of carbonyl (C=O) groups is 1. The maximum atomic E-state index is 15.0. The highest BCUT2D eigenvalue weighted by atomic mass is 35.5. The number of hydrogen-bond acceptors (Lipinski definition) is 4. The summed E-state index contributed by atoms with van der Waals surface area (Å²) in [6.07, 6.45) is -1.85. The van der Waals surface area contributed by atoms with Crippen LogP contribution in [0.4, 0.5) is 27.6 Å². The first kappa shape index (κ1) is 23.6. The van der Waals surface area contributed by atoms with Crippen molar-refractivity contribution in [2.45, 2.75) is 25.1 Å². The van der Waals surface area contributed by atoms with Gasteiger partial charge in [-0.05, 0) is 37.1 Å². The van der Waals surface area contributed by atoms with Crippen LogP contribution in [0.3, 0.4) is 0 Å². The summed E-state index contributed by atoms with van der Waals surface area (Å²) < 4.78 is 80.5. The number of alkyl halides is 3. The van der Waals surface area contributed by atoms with Crippen molar-refractivity contribution in [1.29, 1.82) is 0 Å². The van der Waals surface area contributed by atoms with Gasteiger partial charge in [-0.3, -0.25) is 4.79 Å². The van der Waals surface area contributed by atoms with E-state index in [1.807, 2.05) is 0 Å². The van der Waals surface area contributed by atoms with Gasteiger partial charge >= 0.3 is 6.18 Å². The van der Waals surface area contributed by atoms with Crippen molar-refractivity contribution in [3.8, 4) is 17.2 Å². The summed E-state index contributed by atoms with van der Waals surface area (Å²) in [4.78, 5) is 12.8. The first-order chi connectivity index (χ1) is 16.0. The van der Waals surface area contributed by atoms with Gasteiger partial charge in [0.05, 0.1) is 16.7 Å². The highest BCUT2D eigenvalue weighted by Gasteiger charge is 2.38. The molecule has 0 atom stereocenters. The molecule has 178 valence electrons. The number of nitrogens with one attached hydrogen (secondary N) is 1. The Hall–Kier alpha value is -3.60. The van der Waals surface area contributed by atoms with Crippen LogP contribution in [-0.4, -0.2) is 12.0 Å². The second-order valence-corrected chi connectivity index (χ2v) is 7.72. The van der Waals surface area contributed by atoms with Crippen molar-refractivity contribution in [3.05, 3.63) is 81.8 Å². The fraction of sp³-hybridized carbons (Fsp3) is 0.182. The SMILES string of the molecule is O=C(Nc1ccc[n+]([O-])c1)c1c(Oc2ccc(F)cc2OC2CC2)cc(C(F)(F)F)c(Cl)c1F. The second-order valence-electron chi connectivity index (χ2n) is 7.34. The summed E-state index contributed by atoms with van der Waals surface area (Å²) in [5.74, 6) is -4.84. The van der Waals surface area contributed by atoms with Crippen molar-refractivity contribution in [2.75, 3.05) is 5.32 Å². The Bertz CT molecular complexity index is 1260. The van der Waals surface area contributed by atoms with Crippen LogP contribution in [-0.2, 0) is 6.18 Å².